The quantitative estimate of drug-likeness (QED) is 0.470. The van der Waals surface area contributed by atoms with Gasteiger partial charge in [-0.3, -0.25) is 4.79 Å². The number of para-hydroxylation sites is 1. The van der Waals surface area contributed by atoms with E-state index in [1.54, 1.807) is 6.92 Å². The lowest BCUT2D eigenvalue weighted by Crippen LogP contribution is -2.29. The summed E-state index contributed by atoms with van der Waals surface area (Å²) in [5.41, 5.74) is 0.945. The maximum atomic E-state index is 11.1. The van der Waals surface area contributed by atoms with Crippen molar-refractivity contribution in [2.75, 3.05) is 18.5 Å². The third kappa shape index (κ3) is 6.20. The van der Waals surface area contributed by atoms with Crippen molar-refractivity contribution in [1.82, 2.24) is 5.32 Å². The zero-order valence-corrected chi connectivity index (χ0v) is 11.3. The zero-order chi connectivity index (χ0) is 13.2. The van der Waals surface area contributed by atoms with Crippen molar-refractivity contribution in [3.8, 4) is 0 Å². The fourth-order valence-corrected chi connectivity index (χ4v) is 1.58. The number of thiocarbonyl (C=S) groups is 1. The molecule has 1 rings (SSSR count). The van der Waals surface area contributed by atoms with Gasteiger partial charge in [0.25, 0.3) is 0 Å². The smallest absolute Gasteiger partial charge is 0.305 e. The lowest BCUT2D eigenvalue weighted by atomic mass is 10.3. The Morgan fingerprint density at radius 1 is 1.33 bits per heavy atom. The number of ether oxygens (including phenoxy) is 1. The van der Waals surface area contributed by atoms with Gasteiger partial charge < -0.3 is 15.4 Å². The summed E-state index contributed by atoms with van der Waals surface area (Å²) >= 11 is 5.13. The van der Waals surface area contributed by atoms with E-state index in [0.717, 1.165) is 5.69 Å². The van der Waals surface area contributed by atoms with Crippen LogP contribution >= 0.6 is 12.2 Å². The molecule has 0 atom stereocenters. The fourth-order valence-electron chi connectivity index (χ4n) is 1.36. The Morgan fingerprint density at radius 2 is 2.06 bits per heavy atom. The molecule has 0 aromatic heterocycles. The lowest BCUT2D eigenvalue weighted by Gasteiger charge is -2.10. The van der Waals surface area contributed by atoms with E-state index in [-0.39, 0.29) is 5.97 Å². The molecule has 0 aliphatic rings. The van der Waals surface area contributed by atoms with Crippen LogP contribution in [0.4, 0.5) is 5.69 Å². The third-order valence-corrected chi connectivity index (χ3v) is 2.43. The maximum absolute atomic E-state index is 11.1. The van der Waals surface area contributed by atoms with Crippen LogP contribution in [0, 0.1) is 0 Å². The molecule has 0 spiro atoms. The molecule has 0 saturated heterocycles. The summed E-state index contributed by atoms with van der Waals surface area (Å²) in [5.74, 6) is -0.166. The van der Waals surface area contributed by atoms with Gasteiger partial charge in [-0.05, 0) is 37.7 Å². The van der Waals surface area contributed by atoms with Crippen LogP contribution in [0.1, 0.15) is 19.8 Å². The molecule has 0 amide bonds. The molecule has 0 fully saturated rings. The Morgan fingerprint density at radius 3 is 2.72 bits per heavy atom. The van der Waals surface area contributed by atoms with E-state index >= 15 is 0 Å². The number of hydrogen-bond acceptors (Lipinski definition) is 3. The second-order valence-electron chi connectivity index (χ2n) is 3.66. The molecule has 0 radical (unpaired) electrons. The van der Waals surface area contributed by atoms with Gasteiger partial charge in [-0.2, -0.15) is 0 Å². The van der Waals surface area contributed by atoms with Crippen LogP contribution in [0.5, 0.6) is 0 Å². The number of anilines is 1. The minimum Gasteiger partial charge on any atom is -0.466 e. The molecule has 0 heterocycles. The predicted molar refractivity (Wildman–Crippen MR) is 76.5 cm³/mol. The molecule has 18 heavy (non-hydrogen) atoms. The lowest BCUT2D eigenvalue weighted by molar-refractivity contribution is -0.143. The van der Waals surface area contributed by atoms with Crippen molar-refractivity contribution in [2.24, 2.45) is 0 Å². The number of carbonyl (C=O) groups is 1. The third-order valence-electron chi connectivity index (χ3n) is 2.18. The standard InChI is InChI=1S/C13H18N2O2S/c1-2-17-12(16)9-6-10-14-13(18)15-11-7-4-3-5-8-11/h3-5,7-8H,2,6,9-10H2,1H3,(H2,14,15,18). The van der Waals surface area contributed by atoms with E-state index in [9.17, 15) is 4.79 Å². The highest BCUT2D eigenvalue weighted by molar-refractivity contribution is 7.80. The molecule has 0 saturated carbocycles. The van der Waals surface area contributed by atoms with E-state index in [1.807, 2.05) is 30.3 Å². The highest BCUT2D eigenvalue weighted by Gasteiger charge is 2.01. The number of nitrogens with one attached hydrogen (secondary N) is 2. The Balaban J connectivity index is 2.12. The van der Waals surface area contributed by atoms with Gasteiger partial charge in [0.05, 0.1) is 6.61 Å². The molecule has 2 N–H and O–H groups in total. The van der Waals surface area contributed by atoms with Gasteiger partial charge in [-0.1, -0.05) is 18.2 Å². The van der Waals surface area contributed by atoms with Gasteiger partial charge >= 0.3 is 5.97 Å². The Hall–Kier alpha value is -1.62. The summed E-state index contributed by atoms with van der Waals surface area (Å²) in [6.45, 7) is 2.88. The summed E-state index contributed by atoms with van der Waals surface area (Å²) in [4.78, 5) is 11.1. The molecule has 98 valence electrons. The number of rotatable bonds is 6. The van der Waals surface area contributed by atoms with Crippen LogP contribution in [-0.4, -0.2) is 24.2 Å². The minimum atomic E-state index is -0.166. The van der Waals surface area contributed by atoms with Crippen molar-refractivity contribution in [1.29, 1.82) is 0 Å². The molecule has 5 heteroatoms. The van der Waals surface area contributed by atoms with E-state index in [2.05, 4.69) is 10.6 Å². The first-order valence-electron chi connectivity index (χ1n) is 5.98. The Bertz CT molecular complexity index is 382. The normalized spacial score (nSPS) is 9.61. The average molecular weight is 266 g/mol. The van der Waals surface area contributed by atoms with Gasteiger partial charge in [-0.25, -0.2) is 0 Å². The minimum absolute atomic E-state index is 0.166. The summed E-state index contributed by atoms with van der Waals surface area (Å²) in [6, 6.07) is 9.69. The monoisotopic (exact) mass is 266 g/mol. The summed E-state index contributed by atoms with van der Waals surface area (Å²) in [7, 11) is 0. The van der Waals surface area contributed by atoms with E-state index in [0.29, 0.717) is 31.1 Å². The Kier molecular flexibility index (Phi) is 6.79. The molecular formula is C13H18N2O2S. The first kappa shape index (κ1) is 14.4. The molecule has 0 unspecified atom stereocenters. The molecule has 1 aromatic carbocycles. The fraction of sp³-hybridized carbons (Fsp3) is 0.385. The predicted octanol–water partition coefficient (Wildman–Crippen LogP) is 2.32. The highest BCUT2D eigenvalue weighted by Crippen LogP contribution is 2.04. The number of hydrogen-bond donors (Lipinski definition) is 2. The second-order valence-corrected chi connectivity index (χ2v) is 4.06. The summed E-state index contributed by atoms with van der Waals surface area (Å²) < 4.78 is 4.83. The molecule has 0 aliphatic carbocycles. The molecular weight excluding hydrogens is 248 g/mol. The van der Waals surface area contributed by atoms with E-state index in [4.69, 9.17) is 17.0 Å². The van der Waals surface area contributed by atoms with Crippen LogP contribution in [0.2, 0.25) is 0 Å². The van der Waals surface area contributed by atoms with Crippen LogP contribution in [0.3, 0.4) is 0 Å². The van der Waals surface area contributed by atoms with Gasteiger partial charge in [0.1, 0.15) is 0 Å². The van der Waals surface area contributed by atoms with Crippen molar-refractivity contribution in [2.45, 2.75) is 19.8 Å². The van der Waals surface area contributed by atoms with Crippen LogP contribution in [0.15, 0.2) is 30.3 Å². The van der Waals surface area contributed by atoms with Crippen molar-refractivity contribution < 1.29 is 9.53 Å². The molecule has 4 nitrogen and oxygen atoms in total. The summed E-state index contributed by atoms with van der Waals surface area (Å²) in [6.07, 6.45) is 1.12. The number of esters is 1. The van der Waals surface area contributed by atoms with E-state index < -0.39 is 0 Å². The van der Waals surface area contributed by atoms with Gasteiger partial charge in [-0.15, -0.1) is 0 Å². The summed E-state index contributed by atoms with van der Waals surface area (Å²) in [5, 5.41) is 6.66. The van der Waals surface area contributed by atoms with Gasteiger partial charge in [0, 0.05) is 18.7 Å². The van der Waals surface area contributed by atoms with Gasteiger partial charge in [0.2, 0.25) is 0 Å². The maximum Gasteiger partial charge on any atom is 0.305 e. The molecule has 1 aromatic rings. The number of carbonyl (C=O) groups excluding carboxylic acids is 1. The van der Waals surface area contributed by atoms with Crippen LogP contribution in [0.25, 0.3) is 0 Å². The second kappa shape index (κ2) is 8.47. The molecule has 0 bridgehead atoms. The first-order valence-corrected chi connectivity index (χ1v) is 6.38. The topological polar surface area (TPSA) is 50.4 Å². The van der Waals surface area contributed by atoms with Crippen molar-refractivity contribution in [3.05, 3.63) is 30.3 Å². The highest BCUT2D eigenvalue weighted by atomic mass is 32.1. The average Bonchev–Trinajstić information content (AvgIpc) is 2.36. The Labute approximate surface area is 113 Å². The zero-order valence-electron chi connectivity index (χ0n) is 10.4. The molecule has 0 aliphatic heterocycles. The van der Waals surface area contributed by atoms with Crippen molar-refractivity contribution >= 4 is 29.0 Å². The van der Waals surface area contributed by atoms with Crippen LogP contribution < -0.4 is 10.6 Å². The first-order chi connectivity index (χ1) is 8.72. The number of benzene rings is 1. The van der Waals surface area contributed by atoms with Crippen molar-refractivity contribution in [3.63, 3.8) is 0 Å². The SMILES string of the molecule is CCOC(=O)CCCNC(=S)Nc1ccccc1. The largest absolute Gasteiger partial charge is 0.466 e. The van der Waals surface area contributed by atoms with E-state index in [1.165, 1.54) is 0 Å². The van der Waals surface area contributed by atoms with Crippen LogP contribution in [-0.2, 0) is 9.53 Å². The van der Waals surface area contributed by atoms with Gasteiger partial charge in [0.15, 0.2) is 5.11 Å².